The number of ketones is 1. The smallest absolute Gasteiger partial charge is 0.206 e. The molecule has 2 aromatic rings. The van der Waals surface area contributed by atoms with Gasteiger partial charge in [0.15, 0.2) is 10.1 Å². The van der Waals surface area contributed by atoms with E-state index in [9.17, 15) is 4.79 Å². The first-order valence-corrected chi connectivity index (χ1v) is 8.71. The summed E-state index contributed by atoms with van der Waals surface area (Å²) in [6, 6.07) is 1.99. The van der Waals surface area contributed by atoms with Crippen molar-refractivity contribution >= 4 is 34.0 Å². The summed E-state index contributed by atoms with van der Waals surface area (Å²) in [6.07, 6.45) is 1.07. The Morgan fingerprint density at radius 3 is 2.81 bits per heavy atom. The molecule has 0 saturated heterocycles. The number of carbonyl (C=O) groups is 1. The Morgan fingerprint density at radius 2 is 2.19 bits per heavy atom. The highest BCUT2D eigenvalue weighted by Crippen LogP contribution is 2.26. The molecular formula is C14H20N4OS2. The highest BCUT2D eigenvalue weighted by molar-refractivity contribution is 8.01. The van der Waals surface area contributed by atoms with E-state index in [1.807, 2.05) is 20.0 Å². The van der Waals surface area contributed by atoms with E-state index in [4.69, 9.17) is 0 Å². The Morgan fingerprint density at radius 1 is 1.43 bits per heavy atom. The number of carbonyl (C=O) groups excluding carboxylic acids is 1. The minimum atomic E-state index is 0.150. The van der Waals surface area contributed by atoms with Crippen LogP contribution >= 0.6 is 23.1 Å². The Kier molecular flexibility index (Phi) is 5.41. The highest BCUT2D eigenvalue weighted by Gasteiger charge is 2.16. The lowest BCUT2D eigenvalue weighted by Crippen LogP contribution is -2.06. The van der Waals surface area contributed by atoms with E-state index in [1.165, 1.54) is 23.1 Å². The molecule has 0 bridgehead atoms. The van der Waals surface area contributed by atoms with Gasteiger partial charge in [-0.3, -0.25) is 4.79 Å². The van der Waals surface area contributed by atoms with Gasteiger partial charge in [0, 0.05) is 30.5 Å². The third-order valence-electron chi connectivity index (χ3n) is 3.27. The maximum atomic E-state index is 12.4. The average molecular weight is 324 g/mol. The lowest BCUT2D eigenvalue weighted by molar-refractivity contribution is 0.102. The van der Waals surface area contributed by atoms with Gasteiger partial charge in [0.25, 0.3) is 0 Å². The normalized spacial score (nSPS) is 10.9. The van der Waals surface area contributed by atoms with Crippen LogP contribution in [-0.2, 0) is 6.54 Å². The molecule has 0 spiro atoms. The standard InChI is InChI=1S/C14H20N4OS2/c1-5-6-18-9(2)7-11(10(18)3)12(19)8-20-14-17-16-13(15-4)21-14/h7H,5-6,8H2,1-4H3,(H,15,16). The monoisotopic (exact) mass is 324 g/mol. The molecule has 0 fully saturated rings. The highest BCUT2D eigenvalue weighted by atomic mass is 32.2. The number of aromatic nitrogens is 3. The summed E-state index contributed by atoms with van der Waals surface area (Å²) in [6.45, 7) is 7.17. The summed E-state index contributed by atoms with van der Waals surface area (Å²) in [7, 11) is 1.81. The molecule has 2 heterocycles. The molecule has 0 atom stereocenters. The molecule has 7 heteroatoms. The second-order valence-corrected chi connectivity index (χ2v) is 6.97. The lowest BCUT2D eigenvalue weighted by atomic mass is 10.2. The van der Waals surface area contributed by atoms with E-state index in [0.717, 1.165) is 39.4 Å². The molecule has 0 unspecified atom stereocenters. The Labute approximate surface area is 133 Å². The number of rotatable bonds is 7. The minimum Gasteiger partial charge on any atom is -0.363 e. The van der Waals surface area contributed by atoms with Crippen molar-refractivity contribution < 1.29 is 4.79 Å². The molecule has 1 N–H and O–H groups in total. The van der Waals surface area contributed by atoms with E-state index < -0.39 is 0 Å². The molecule has 2 rings (SSSR count). The minimum absolute atomic E-state index is 0.150. The van der Waals surface area contributed by atoms with Gasteiger partial charge >= 0.3 is 0 Å². The van der Waals surface area contributed by atoms with Crippen LogP contribution in [0.1, 0.15) is 35.1 Å². The van der Waals surface area contributed by atoms with E-state index in [1.54, 1.807) is 0 Å². The van der Waals surface area contributed by atoms with Crippen LogP contribution in [0.15, 0.2) is 10.4 Å². The van der Waals surface area contributed by atoms with Crippen LogP contribution in [0.2, 0.25) is 0 Å². The predicted molar refractivity (Wildman–Crippen MR) is 88.7 cm³/mol. The van der Waals surface area contributed by atoms with E-state index in [2.05, 4.69) is 33.9 Å². The zero-order valence-corrected chi connectivity index (χ0v) is 14.4. The number of nitrogens with zero attached hydrogens (tertiary/aromatic N) is 3. The van der Waals surface area contributed by atoms with Crippen molar-refractivity contribution in [3.63, 3.8) is 0 Å². The summed E-state index contributed by atoms with van der Waals surface area (Å²) >= 11 is 2.91. The van der Waals surface area contributed by atoms with E-state index in [0.29, 0.717) is 5.75 Å². The lowest BCUT2D eigenvalue weighted by Gasteiger charge is -2.07. The fraction of sp³-hybridized carbons (Fsp3) is 0.500. The Hall–Kier alpha value is -1.34. The molecule has 5 nitrogen and oxygen atoms in total. The van der Waals surface area contributed by atoms with Crippen molar-refractivity contribution in [2.75, 3.05) is 18.1 Å². The van der Waals surface area contributed by atoms with Gasteiger partial charge in [-0.05, 0) is 26.3 Å². The van der Waals surface area contributed by atoms with E-state index in [-0.39, 0.29) is 5.78 Å². The maximum absolute atomic E-state index is 12.4. The molecule has 2 aromatic heterocycles. The maximum Gasteiger partial charge on any atom is 0.206 e. The van der Waals surface area contributed by atoms with Crippen molar-refractivity contribution in [2.45, 2.75) is 38.1 Å². The first-order valence-electron chi connectivity index (χ1n) is 6.90. The molecule has 0 aliphatic rings. The number of thioether (sulfide) groups is 1. The van der Waals surface area contributed by atoms with Gasteiger partial charge in [-0.2, -0.15) is 0 Å². The average Bonchev–Trinajstić information content (AvgIpc) is 3.04. The molecule has 0 radical (unpaired) electrons. The number of nitrogens with one attached hydrogen (secondary N) is 1. The van der Waals surface area contributed by atoms with Crippen molar-refractivity contribution in [3.8, 4) is 0 Å². The van der Waals surface area contributed by atoms with Crippen LogP contribution in [0.3, 0.4) is 0 Å². The fourth-order valence-corrected chi connectivity index (χ4v) is 3.81. The third-order valence-corrected chi connectivity index (χ3v) is 5.34. The van der Waals surface area contributed by atoms with Crippen molar-refractivity contribution in [2.24, 2.45) is 0 Å². The summed E-state index contributed by atoms with van der Waals surface area (Å²) in [5, 5.41) is 11.7. The zero-order chi connectivity index (χ0) is 15.4. The largest absolute Gasteiger partial charge is 0.363 e. The predicted octanol–water partition coefficient (Wildman–Crippen LogP) is 3.38. The van der Waals surface area contributed by atoms with Crippen LogP contribution in [0.25, 0.3) is 0 Å². The van der Waals surface area contributed by atoms with Crippen molar-refractivity contribution in [1.29, 1.82) is 0 Å². The molecule has 114 valence electrons. The number of aryl methyl sites for hydroxylation is 1. The van der Waals surface area contributed by atoms with Gasteiger partial charge in [0.1, 0.15) is 0 Å². The third kappa shape index (κ3) is 3.65. The number of hydrogen-bond acceptors (Lipinski definition) is 6. The summed E-state index contributed by atoms with van der Waals surface area (Å²) < 4.78 is 3.03. The second-order valence-electron chi connectivity index (χ2n) is 4.77. The SMILES string of the molecule is CCCn1c(C)cc(C(=O)CSc2nnc(NC)s2)c1C. The molecule has 21 heavy (non-hydrogen) atoms. The topological polar surface area (TPSA) is 59.8 Å². The van der Waals surface area contributed by atoms with Crippen LogP contribution in [0.4, 0.5) is 5.13 Å². The first kappa shape index (κ1) is 16.0. The van der Waals surface area contributed by atoms with Crippen LogP contribution in [0.5, 0.6) is 0 Å². The molecule has 0 aromatic carbocycles. The van der Waals surface area contributed by atoms with Gasteiger partial charge in [-0.25, -0.2) is 0 Å². The van der Waals surface area contributed by atoms with Gasteiger partial charge in [0.2, 0.25) is 5.13 Å². The molecule has 0 aliphatic carbocycles. The zero-order valence-electron chi connectivity index (χ0n) is 12.8. The van der Waals surface area contributed by atoms with Crippen LogP contribution in [-0.4, -0.2) is 33.3 Å². The fourth-order valence-electron chi connectivity index (χ4n) is 2.23. The quantitative estimate of drug-likeness (QED) is 0.625. The molecular weight excluding hydrogens is 304 g/mol. The summed E-state index contributed by atoms with van der Waals surface area (Å²) in [4.78, 5) is 12.4. The van der Waals surface area contributed by atoms with Crippen molar-refractivity contribution in [1.82, 2.24) is 14.8 Å². The van der Waals surface area contributed by atoms with Gasteiger partial charge < -0.3 is 9.88 Å². The Balaban J connectivity index is 2.05. The van der Waals surface area contributed by atoms with Crippen LogP contribution in [0, 0.1) is 13.8 Å². The molecule has 0 amide bonds. The van der Waals surface area contributed by atoms with Gasteiger partial charge in [-0.1, -0.05) is 30.0 Å². The van der Waals surface area contributed by atoms with E-state index >= 15 is 0 Å². The number of Topliss-reactive ketones (excluding diaryl/α,β-unsaturated/α-hetero) is 1. The number of hydrogen-bond donors (Lipinski definition) is 1. The molecule has 0 saturated carbocycles. The molecule has 0 aliphatic heterocycles. The second kappa shape index (κ2) is 7.09. The van der Waals surface area contributed by atoms with Crippen LogP contribution < -0.4 is 5.32 Å². The van der Waals surface area contributed by atoms with Gasteiger partial charge in [0.05, 0.1) is 5.75 Å². The number of anilines is 1. The van der Waals surface area contributed by atoms with Crippen molar-refractivity contribution in [3.05, 3.63) is 23.0 Å². The summed E-state index contributed by atoms with van der Waals surface area (Å²) in [5.41, 5.74) is 3.04. The first-order chi connectivity index (χ1) is 10.1. The summed E-state index contributed by atoms with van der Waals surface area (Å²) in [5.74, 6) is 0.547. The van der Waals surface area contributed by atoms with Gasteiger partial charge in [-0.15, -0.1) is 10.2 Å². The Bertz CT molecular complexity index is 633.